The summed E-state index contributed by atoms with van der Waals surface area (Å²) < 4.78 is 0. The lowest BCUT2D eigenvalue weighted by Gasteiger charge is -2.35. The van der Waals surface area contributed by atoms with Crippen LogP contribution in [0, 0.1) is 20.8 Å². The number of aromatic nitrogens is 3. The molecule has 0 unspecified atom stereocenters. The zero-order valence-corrected chi connectivity index (χ0v) is 19.7. The van der Waals surface area contributed by atoms with Crippen molar-refractivity contribution in [3.8, 4) is 0 Å². The molecule has 0 bridgehead atoms. The van der Waals surface area contributed by atoms with E-state index in [0.29, 0.717) is 24.6 Å². The normalized spacial score (nSPS) is 13.9. The molecule has 0 saturated carbocycles. The molecule has 1 amide bonds. The number of piperazine rings is 1. The molecule has 7 heteroatoms. The van der Waals surface area contributed by atoms with Crippen molar-refractivity contribution in [2.24, 2.45) is 0 Å². The highest BCUT2D eigenvalue weighted by molar-refractivity contribution is 5.95. The number of hydrogen-bond donors (Lipinski definition) is 1. The molecule has 5 rings (SSSR count). The van der Waals surface area contributed by atoms with Gasteiger partial charge in [0.15, 0.2) is 0 Å². The van der Waals surface area contributed by atoms with Crippen molar-refractivity contribution in [3.05, 3.63) is 83.2 Å². The molecule has 1 aliphatic heterocycles. The number of amides is 1. The third-order valence-electron chi connectivity index (χ3n) is 6.15. The fourth-order valence-electron chi connectivity index (χ4n) is 4.46. The van der Waals surface area contributed by atoms with Gasteiger partial charge in [0, 0.05) is 54.2 Å². The lowest BCUT2D eigenvalue weighted by molar-refractivity contribution is 0.0746. The Hall–Kier alpha value is -4.00. The van der Waals surface area contributed by atoms with Gasteiger partial charge in [-0.15, -0.1) is 0 Å². The molecule has 7 nitrogen and oxygen atoms in total. The summed E-state index contributed by atoms with van der Waals surface area (Å²) in [5, 5.41) is 4.40. The summed E-state index contributed by atoms with van der Waals surface area (Å²) in [5.41, 5.74) is 5.48. The van der Waals surface area contributed by atoms with E-state index in [2.05, 4.69) is 45.3 Å². The zero-order chi connectivity index (χ0) is 23.7. The second-order valence-electron chi connectivity index (χ2n) is 8.77. The molecule has 2 aromatic heterocycles. The number of aryl methyl sites for hydroxylation is 3. The third kappa shape index (κ3) is 4.55. The van der Waals surface area contributed by atoms with Crippen molar-refractivity contribution in [2.45, 2.75) is 20.8 Å². The van der Waals surface area contributed by atoms with Gasteiger partial charge in [-0.25, -0.2) is 15.0 Å². The van der Waals surface area contributed by atoms with Crippen molar-refractivity contribution in [2.75, 3.05) is 36.4 Å². The zero-order valence-electron chi connectivity index (χ0n) is 19.7. The van der Waals surface area contributed by atoms with Crippen LogP contribution in [0.15, 0.2) is 60.7 Å². The average molecular weight is 453 g/mol. The predicted octanol–water partition coefficient (Wildman–Crippen LogP) is 4.66. The fraction of sp³-hybridized carbons (Fsp3) is 0.259. The van der Waals surface area contributed by atoms with Crippen molar-refractivity contribution in [3.63, 3.8) is 0 Å². The van der Waals surface area contributed by atoms with Crippen LogP contribution in [0.3, 0.4) is 0 Å². The largest absolute Gasteiger partial charge is 0.353 e. The smallest absolute Gasteiger partial charge is 0.254 e. The molecule has 4 aromatic rings. The quantitative estimate of drug-likeness (QED) is 0.486. The van der Waals surface area contributed by atoms with Gasteiger partial charge < -0.3 is 15.1 Å². The van der Waals surface area contributed by atoms with E-state index >= 15 is 0 Å². The minimum absolute atomic E-state index is 0.0345. The van der Waals surface area contributed by atoms with Gasteiger partial charge in [-0.2, -0.15) is 0 Å². The van der Waals surface area contributed by atoms with E-state index < -0.39 is 0 Å². The van der Waals surface area contributed by atoms with Gasteiger partial charge in [-0.1, -0.05) is 24.3 Å². The van der Waals surface area contributed by atoms with Crippen LogP contribution in [-0.4, -0.2) is 51.9 Å². The van der Waals surface area contributed by atoms with Gasteiger partial charge in [0.25, 0.3) is 5.91 Å². The Morgan fingerprint density at radius 1 is 0.824 bits per heavy atom. The number of anilines is 3. The van der Waals surface area contributed by atoms with Crippen LogP contribution >= 0.6 is 0 Å². The Labute approximate surface area is 199 Å². The molecule has 0 aliphatic carbocycles. The molecule has 1 aliphatic rings. The number of para-hydroxylation sites is 1. The van der Waals surface area contributed by atoms with Gasteiger partial charge in [0.05, 0.1) is 5.52 Å². The highest BCUT2D eigenvalue weighted by atomic mass is 16.2. The highest BCUT2D eigenvalue weighted by Gasteiger charge is 2.23. The topological polar surface area (TPSA) is 74.2 Å². The number of carbonyl (C=O) groups is 1. The van der Waals surface area contributed by atoms with E-state index in [0.717, 1.165) is 41.5 Å². The summed E-state index contributed by atoms with van der Waals surface area (Å²) in [6, 6.07) is 19.8. The number of nitrogens with one attached hydrogen (secondary N) is 1. The summed E-state index contributed by atoms with van der Waals surface area (Å²) in [7, 11) is 0. The highest BCUT2D eigenvalue weighted by Crippen LogP contribution is 2.24. The van der Waals surface area contributed by atoms with Crippen molar-refractivity contribution >= 4 is 34.3 Å². The van der Waals surface area contributed by atoms with Gasteiger partial charge in [0.1, 0.15) is 5.82 Å². The van der Waals surface area contributed by atoms with Crippen LogP contribution in [0.25, 0.3) is 10.9 Å². The number of nitrogens with zero attached hydrogens (tertiary/aromatic N) is 5. The number of fused-ring (bicyclic) bond motifs is 1. The number of pyridine rings is 1. The van der Waals surface area contributed by atoms with E-state index in [9.17, 15) is 4.79 Å². The first-order chi connectivity index (χ1) is 16.5. The van der Waals surface area contributed by atoms with Gasteiger partial charge >= 0.3 is 0 Å². The summed E-state index contributed by atoms with van der Waals surface area (Å²) in [5.74, 6) is 1.55. The number of hydrogen-bond acceptors (Lipinski definition) is 6. The molecule has 0 atom stereocenters. The average Bonchev–Trinajstić information content (AvgIpc) is 2.83. The van der Waals surface area contributed by atoms with E-state index in [1.165, 1.54) is 10.9 Å². The van der Waals surface area contributed by atoms with E-state index in [1.54, 1.807) is 0 Å². The molecule has 1 fully saturated rings. The van der Waals surface area contributed by atoms with Crippen molar-refractivity contribution < 1.29 is 4.79 Å². The number of rotatable bonds is 4. The first-order valence-electron chi connectivity index (χ1n) is 11.6. The first kappa shape index (κ1) is 21.8. The number of carbonyl (C=O) groups excluding carboxylic acids is 1. The first-order valence-corrected chi connectivity index (χ1v) is 11.6. The van der Waals surface area contributed by atoms with Crippen LogP contribution in [0.4, 0.5) is 17.5 Å². The van der Waals surface area contributed by atoms with Crippen LogP contribution in [0.1, 0.15) is 27.3 Å². The Kier molecular flexibility index (Phi) is 5.84. The number of benzene rings is 2. The maximum Gasteiger partial charge on any atom is 0.254 e. The molecule has 0 spiro atoms. The van der Waals surface area contributed by atoms with Crippen LogP contribution < -0.4 is 10.2 Å². The van der Waals surface area contributed by atoms with E-state index in [-0.39, 0.29) is 5.91 Å². The Morgan fingerprint density at radius 3 is 2.32 bits per heavy atom. The second-order valence-corrected chi connectivity index (χ2v) is 8.77. The summed E-state index contributed by atoms with van der Waals surface area (Å²) in [4.78, 5) is 31.1. The molecule has 1 saturated heterocycles. The maximum absolute atomic E-state index is 13.2. The molecule has 172 valence electrons. The molecule has 3 heterocycles. The van der Waals surface area contributed by atoms with Crippen molar-refractivity contribution in [1.82, 2.24) is 19.9 Å². The maximum atomic E-state index is 13.2. The lowest BCUT2D eigenvalue weighted by atomic mass is 10.1. The van der Waals surface area contributed by atoms with Crippen molar-refractivity contribution in [1.29, 1.82) is 0 Å². The molecule has 1 N–H and O–H groups in total. The van der Waals surface area contributed by atoms with Crippen LogP contribution in [-0.2, 0) is 0 Å². The van der Waals surface area contributed by atoms with Crippen LogP contribution in [0.2, 0.25) is 0 Å². The Balaban J connectivity index is 1.27. The fourth-order valence-corrected chi connectivity index (χ4v) is 4.46. The molecule has 0 radical (unpaired) electrons. The molecule has 34 heavy (non-hydrogen) atoms. The Bertz CT molecular complexity index is 1340. The summed E-state index contributed by atoms with van der Waals surface area (Å²) in [6.45, 7) is 8.82. The summed E-state index contributed by atoms with van der Waals surface area (Å²) >= 11 is 0. The SMILES string of the molecule is Cc1cc(C)nc(Nc2cccc(C(=O)N3CCN(c4cc(C)c5ccccc5n4)CC3)c2)n1. The molecular weight excluding hydrogens is 424 g/mol. The molecular formula is C27H28N6O. The van der Waals surface area contributed by atoms with Gasteiger partial charge in [-0.3, -0.25) is 4.79 Å². The molecule has 2 aromatic carbocycles. The monoisotopic (exact) mass is 452 g/mol. The summed E-state index contributed by atoms with van der Waals surface area (Å²) in [6.07, 6.45) is 0. The van der Waals surface area contributed by atoms with E-state index in [4.69, 9.17) is 4.98 Å². The Morgan fingerprint density at radius 2 is 1.56 bits per heavy atom. The second kappa shape index (κ2) is 9.09. The van der Waals surface area contributed by atoms with Gasteiger partial charge in [0.2, 0.25) is 5.95 Å². The van der Waals surface area contributed by atoms with E-state index in [1.807, 2.05) is 61.2 Å². The standard InChI is InChI=1S/C27H28N6O/c1-18-15-25(31-24-10-5-4-9-23(18)24)32-11-13-33(14-12-32)26(34)21-7-6-8-22(17-21)30-27-28-19(2)16-20(3)29-27/h4-10,15-17H,11-14H2,1-3H3,(H,28,29,30). The predicted molar refractivity (Wildman–Crippen MR) is 136 cm³/mol. The lowest BCUT2D eigenvalue weighted by Crippen LogP contribution is -2.49. The third-order valence-corrected chi connectivity index (χ3v) is 6.15. The van der Waals surface area contributed by atoms with Gasteiger partial charge in [-0.05, 0) is 62.7 Å². The minimum Gasteiger partial charge on any atom is -0.353 e. The minimum atomic E-state index is 0.0345. The van der Waals surface area contributed by atoms with Crippen LogP contribution in [0.5, 0.6) is 0 Å².